The Morgan fingerprint density at radius 3 is 2.40 bits per heavy atom. The number of anilines is 1. The van der Waals surface area contributed by atoms with Gasteiger partial charge in [0.05, 0.1) is 5.41 Å². The van der Waals surface area contributed by atoms with Crippen LogP contribution >= 0.6 is 11.6 Å². The van der Waals surface area contributed by atoms with Crippen molar-refractivity contribution in [1.29, 1.82) is 0 Å². The molecule has 2 N–H and O–H groups in total. The number of amides is 1. The molecule has 0 bridgehead atoms. The van der Waals surface area contributed by atoms with Gasteiger partial charge in [-0.2, -0.15) is 18.4 Å². The van der Waals surface area contributed by atoms with Crippen LogP contribution in [0.1, 0.15) is 24.2 Å². The molecule has 0 atom stereocenters. The average molecular weight is 504 g/mol. The number of nitrogens with zero attached hydrogens (tertiary/aromatic N) is 5. The van der Waals surface area contributed by atoms with E-state index < -0.39 is 29.1 Å². The zero-order chi connectivity index (χ0) is 24.8. The fourth-order valence-electron chi connectivity index (χ4n) is 3.82. The van der Waals surface area contributed by atoms with Crippen LogP contribution in [-0.4, -0.2) is 36.5 Å². The SMILES string of the molecule is O=C(Nc1ccc(-c2cnc(C(F)(F)F)nc2)c(-c2nn[nH]n2)c1)C1(c2ccc(Cl)cc2F)CC1. The van der Waals surface area contributed by atoms with Gasteiger partial charge in [0, 0.05) is 39.8 Å². The van der Waals surface area contributed by atoms with Gasteiger partial charge in [-0.25, -0.2) is 14.4 Å². The summed E-state index contributed by atoms with van der Waals surface area (Å²) in [5, 5.41) is 16.7. The Balaban J connectivity index is 1.48. The van der Waals surface area contributed by atoms with Crippen molar-refractivity contribution < 1.29 is 22.4 Å². The number of aromatic nitrogens is 6. The number of nitrogens with one attached hydrogen (secondary N) is 2. The molecular weight excluding hydrogens is 490 g/mol. The molecule has 0 saturated heterocycles. The molecule has 1 fully saturated rings. The van der Waals surface area contributed by atoms with Gasteiger partial charge in [-0.1, -0.05) is 23.7 Å². The predicted molar refractivity (Wildman–Crippen MR) is 117 cm³/mol. The molecule has 1 aliphatic carbocycles. The summed E-state index contributed by atoms with van der Waals surface area (Å²) in [6, 6.07) is 8.87. The van der Waals surface area contributed by atoms with Crippen LogP contribution in [0.5, 0.6) is 0 Å². The van der Waals surface area contributed by atoms with Crippen molar-refractivity contribution in [1.82, 2.24) is 30.6 Å². The second-order valence-corrected chi connectivity index (χ2v) is 8.39. The lowest BCUT2D eigenvalue weighted by atomic mass is 9.94. The third-order valence-corrected chi connectivity index (χ3v) is 5.95. The molecule has 0 unspecified atom stereocenters. The third kappa shape index (κ3) is 4.32. The summed E-state index contributed by atoms with van der Waals surface area (Å²) in [6.45, 7) is 0. The molecule has 178 valence electrons. The molecule has 4 aromatic rings. The molecule has 1 saturated carbocycles. The van der Waals surface area contributed by atoms with Gasteiger partial charge in [0.1, 0.15) is 5.82 Å². The second kappa shape index (κ2) is 8.38. The monoisotopic (exact) mass is 503 g/mol. The Labute approximate surface area is 199 Å². The highest BCUT2D eigenvalue weighted by atomic mass is 35.5. The standard InChI is InChI=1S/C22H14ClF4N7O/c23-12-1-4-16(17(24)7-12)21(5-6-21)20(35)30-13-2-3-14(15(8-13)18-31-33-34-32-18)11-9-28-19(29-10-11)22(25,26)27/h1-4,7-10H,5-6H2,(H,30,35)(H,31,32,33,34). The van der Waals surface area contributed by atoms with Crippen LogP contribution in [0.25, 0.3) is 22.5 Å². The average Bonchev–Trinajstić information content (AvgIpc) is 3.43. The van der Waals surface area contributed by atoms with Gasteiger partial charge in [0.25, 0.3) is 0 Å². The molecule has 0 aliphatic heterocycles. The smallest absolute Gasteiger partial charge is 0.325 e. The maximum absolute atomic E-state index is 14.5. The highest BCUT2D eigenvalue weighted by Crippen LogP contribution is 2.50. The van der Waals surface area contributed by atoms with Crippen LogP contribution < -0.4 is 5.32 Å². The minimum absolute atomic E-state index is 0.140. The first-order valence-electron chi connectivity index (χ1n) is 10.2. The van der Waals surface area contributed by atoms with E-state index in [-0.39, 0.29) is 22.0 Å². The van der Waals surface area contributed by atoms with Gasteiger partial charge < -0.3 is 5.32 Å². The maximum Gasteiger partial charge on any atom is 0.451 e. The molecule has 35 heavy (non-hydrogen) atoms. The first-order valence-corrected chi connectivity index (χ1v) is 10.6. The van der Waals surface area contributed by atoms with Crippen LogP contribution in [0.15, 0.2) is 48.8 Å². The minimum Gasteiger partial charge on any atom is -0.325 e. The normalized spacial score (nSPS) is 14.5. The first kappa shape index (κ1) is 22.8. The van der Waals surface area contributed by atoms with Gasteiger partial charge in [-0.3, -0.25) is 4.79 Å². The summed E-state index contributed by atoms with van der Waals surface area (Å²) in [6.07, 6.45) is -1.66. The van der Waals surface area contributed by atoms with Crippen molar-refractivity contribution in [3.05, 3.63) is 71.0 Å². The molecule has 2 aromatic carbocycles. The fourth-order valence-corrected chi connectivity index (χ4v) is 3.98. The van der Waals surface area contributed by atoms with Crippen molar-refractivity contribution in [2.24, 2.45) is 0 Å². The van der Waals surface area contributed by atoms with Crippen LogP contribution in [0.3, 0.4) is 0 Å². The molecule has 1 amide bonds. The number of benzene rings is 2. The quantitative estimate of drug-likeness (QED) is 0.378. The van der Waals surface area contributed by atoms with Crippen LogP contribution in [0, 0.1) is 5.82 Å². The van der Waals surface area contributed by atoms with Gasteiger partial charge in [-0.15, -0.1) is 10.2 Å². The highest BCUT2D eigenvalue weighted by Gasteiger charge is 2.52. The van der Waals surface area contributed by atoms with Gasteiger partial charge >= 0.3 is 6.18 Å². The molecule has 2 heterocycles. The lowest BCUT2D eigenvalue weighted by Crippen LogP contribution is -2.28. The van der Waals surface area contributed by atoms with E-state index in [0.29, 0.717) is 29.7 Å². The van der Waals surface area contributed by atoms with E-state index in [1.54, 1.807) is 18.2 Å². The number of hydrogen-bond donors (Lipinski definition) is 2. The largest absolute Gasteiger partial charge is 0.451 e. The fraction of sp³-hybridized carbons (Fsp3) is 0.182. The summed E-state index contributed by atoms with van der Waals surface area (Å²) in [5.41, 5.74) is 0.660. The minimum atomic E-state index is -4.68. The Bertz CT molecular complexity index is 1400. The lowest BCUT2D eigenvalue weighted by molar-refractivity contribution is -0.145. The van der Waals surface area contributed by atoms with Crippen LogP contribution in [-0.2, 0) is 16.4 Å². The molecule has 0 radical (unpaired) electrons. The van der Waals surface area contributed by atoms with Crippen LogP contribution in [0.4, 0.5) is 23.2 Å². The van der Waals surface area contributed by atoms with Gasteiger partial charge in [0.2, 0.25) is 17.6 Å². The maximum atomic E-state index is 14.5. The van der Waals surface area contributed by atoms with E-state index in [2.05, 4.69) is 35.9 Å². The predicted octanol–water partition coefficient (Wildman–Crippen LogP) is 4.81. The second-order valence-electron chi connectivity index (χ2n) is 7.95. The van der Waals surface area contributed by atoms with E-state index in [4.69, 9.17) is 11.6 Å². The summed E-state index contributed by atoms with van der Waals surface area (Å²) >= 11 is 5.83. The number of rotatable bonds is 5. The summed E-state index contributed by atoms with van der Waals surface area (Å²) in [5.74, 6) is -2.09. The first-order chi connectivity index (χ1) is 16.7. The van der Waals surface area contributed by atoms with Gasteiger partial charge in [0.15, 0.2) is 0 Å². The van der Waals surface area contributed by atoms with E-state index in [1.807, 2.05) is 0 Å². The summed E-state index contributed by atoms with van der Waals surface area (Å²) < 4.78 is 53.0. The number of halogens is 5. The number of tetrazole rings is 1. The Morgan fingerprint density at radius 1 is 1.06 bits per heavy atom. The Kier molecular flexibility index (Phi) is 5.47. The topological polar surface area (TPSA) is 109 Å². The molecular formula is C22H14ClF4N7O. The van der Waals surface area contributed by atoms with E-state index in [1.165, 1.54) is 18.2 Å². The number of carbonyl (C=O) groups excluding carboxylic acids is 1. The van der Waals surface area contributed by atoms with E-state index >= 15 is 0 Å². The van der Waals surface area contributed by atoms with Crippen molar-refractivity contribution >= 4 is 23.2 Å². The van der Waals surface area contributed by atoms with Crippen molar-refractivity contribution in [3.63, 3.8) is 0 Å². The van der Waals surface area contributed by atoms with Crippen LogP contribution in [0.2, 0.25) is 5.02 Å². The van der Waals surface area contributed by atoms with Crippen molar-refractivity contribution in [2.75, 3.05) is 5.32 Å². The highest BCUT2D eigenvalue weighted by molar-refractivity contribution is 6.30. The molecule has 1 aliphatic rings. The molecule has 13 heteroatoms. The lowest BCUT2D eigenvalue weighted by Gasteiger charge is -2.18. The number of alkyl halides is 3. The number of aromatic amines is 1. The van der Waals surface area contributed by atoms with Crippen molar-refractivity contribution in [3.8, 4) is 22.5 Å². The molecule has 8 nitrogen and oxygen atoms in total. The Hall–Kier alpha value is -3.93. The number of H-pyrrole nitrogens is 1. The molecule has 2 aromatic heterocycles. The Morgan fingerprint density at radius 2 is 1.80 bits per heavy atom. The summed E-state index contributed by atoms with van der Waals surface area (Å²) in [7, 11) is 0. The third-order valence-electron chi connectivity index (χ3n) is 5.71. The van der Waals surface area contributed by atoms with Crippen molar-refractivity contribution in [2.45, 2.75) is 24.4 Å². The van der Waals surface area contributed by atoms with E-state index in [9.17, 15) is 22.4 Å². The molecule has 5 rings (SSSR count). The number of hydrogen-bond acceptors (Lipinski definition) is 6. The number of carbonyl (C=O) groups is 1. The zero-order valence-corrected chi connectivity index (χ0v) is 18.3. The molecule has 0 spiro atoms. The summed E-state index contributed by atoms with van der Waals surface area (Å²) in [4.78, 5) is 19.9. The van der Waals surface area contributed by atoms with Gasteiger partial charge in [-0.05, 0) is 47.9 Å². The zero-order valence-electron chi connectivity index (χ0n) is 17.6. The van der Waals surface area contributed by atoms with E-state index in [0.717, 1.165) is 12.4 Å².